The Balaban J connectivity index is 1.75. The first-order chi connectivity index (χ1) is 13.1. The van der Waals surface area contributed by atoms with Gasteiger partial charge in [0.1, 0.15) is 0 Å². The Morgan fingerprint density at radius 3 is 2.54 bits per heavy atom. The van der Waals surface area contributed by atoms with Crippen LogP contribution in [0.15, 0.2) is 47.5 Å². The fraction of sp³-hybridized carbons (Fsp3) is 0.421. The second-order valence-corrected chi connectivity index (χ2v) is 10.6. The monoisotopic (exact) mass is 424 g/mol. The van der Waals surface area contributed by atoms with Crippen LogP contribution in [0.3, 0.4) is 0 Å². The van der Waals surface area contributed by atoms with E-state index in [0.717, 1.165) is 17.4 Å². The zero-order valence-electron chi connectivity index (χ0n) is 15.8. The molecule has 0 bridgehead atoms. The fourth-order valence-corrected chi connectivity index (χ4v) is 5.07. The number of hydrogen-bond acceptors (Lipinski definition) is 6. The summed E-state index contributed by atoms with van der Waals surface area (Å²) in [6.45, 7) is 1.87. The van der Waals surface area contributed by atoms with Crippen molar-refractivity contribution in [1.29, 1.82) is 0 Å². The lowest BCUT2D eigenvalue weighted by atomic mass is 9.99. The smallest absolute Gasteiger partial charge is 0.266 e. The maximum atomic E-state index is 12.5. The summed E-state index contributed by atoms with van der Waals surface area (Å²) in [6.07, 6.45) is 4.52. The molecule has 0 fully saturated rings. The zero-order valence-corrected chi connectivity index (χ0v) is 17.5. The number of aryl methyl sites for hydroxylation is 2. The Morgan fingerprint density at radius 1 is 1.14 bits per heavy atom. The highest BCUT2D eigenvalue weighted by atomic mass is 32.2. The van der Waals surface area contributed by atoms with Gasteiger partial charge in [-0.15, -0.1) is 0 Å². The van der Waals surface area contributed by atoms with Gasteiger partial charge in [-0.1, -0.05) is 23.8 Å². The molecule has 0 unspecified atom stereocenters. The molecule has 7 nitrogen and oxygen atoms in total. The first-order valence-electron chi connectivity index (χ1n) is 9.01. The molecule has 152 valence electrons. The lowest BCUT2D eigenvalue weighted by Crippen LogP contribution is -2.30. The molecule has 1 aliphatic carbocycles. The molecule has 0 aliphatic heterocycles. The summed E-state index contributed by atoms with van der Waals surface area (Å²) < 4.78 is 56.4. The summed E-state index contributed by atoms with van der Waals surface area (Å²) in [5.74, 6) is -0.131. The van der Waals surface area contributed by atoms with Gasteiger partial charge in [0, 0.05) is 6.20 Å². The maximum absolute atomic E-state index is 12.5. The summed E-state index contributed by atoms with van der Waals surface area (Å²) in [7, 11) is -7.31. The number of nitrogens with one attached hydrogen (secondary N) is 1. The minimum atomic E-state index is -3.86. The Kier molecular flexibility index (Phi) is 6.18. The molecule has 0 spiro atoms. The van der Waals surface area contributed by atoms with E-state index in [1.54, 1.807) is 18.3 Å². The van der Waals surface area contributed by atoms with Gasteiger partial charge in [0.2, 0.25) is 10.0 Å². The normalized spacial score (nSPS) is 20.4. The van der Waals surface area contributed by atoms with E-state index < -0.39 is 26.2 Å². The van der Waals surface area contributed by atoms with E-state index in [9.17, 15) is 16.8 Å². The third-order valence-corrected chi connectivity index (χ3v) is 6.78. The summed E-state index contributed by atoms with van der Waals surface area (Å²) in [6, 6.07) is 9.70. The lowest BCUT2D eigenvalue weighted by molar-refractivity contribution is 0.230. The van der Waals surface area contributed by atoms with E-state index >= 15 is 0 Å². The van der Waals surface area contributed by atoms with Crippen molar-refractivity contribution in [2.24, 2.45) is 5.92 Å². The molecule has 1 heterocycles. The fourth-order valence-electron chi connectivity index (χ4n) is 3.37. The number of fused-ring (bicyclic) bond motifs is 1. The van der Waals surface area contributed by atoms with Gasteiger partial charge < -0.3 is 0 Å². The average Bonchev–Trinajstić information content (AvgIpc) is 2.79. The quantitative estimate of drug-likeness (QED) is 0.564. The molecule has 2 atom stereocenters. The first-order valence-corrected chi connectivity index (χ1v) is 12.3. The molecule has 0 saturated carbocycles. The minimum Gasteiger partial charge on any atom is -0.266 e. The molecule has 3 rings (SSSR count). The van der Waals surface area contributed by atoms with Gasteiger partial charge in [0.25, 0.3) is 10.1 Å². The van der Waals surface area contributed by atoms with Gasteiger partial charge in [-0.05, 0) is 55.9 Å². The number of rotatable bonds is 6. The van der Waals surface area contributed by atoms with Gasteiger partial charge in [-0.2, -0.15) is 8.42 Å². The molecule has 0 amide bonds. The largest absolute Gasteiger partial charge is 0.296 e. The van der Waals surface area contributed by atoms with Crippen LogP contribution in [0.2, 0.25) is 0 Å². The molecule has 28 heavy (non-hydrogen) atoms. The van der Waals surface area contributed by atoms with Crippen molar-refractivity contribution in [2.75, 3.05) is 12.9 Å². The van der Waals surface area contributed by atoms with Crippen LogP contribution in [0.25, 0.3) is 0 Å². The third-order valence-electron chi connectivity index (χ3n) is 4.77. The van der Waals surface area contributed by atoms with E-state index in [0.29, 0.717) is 25.0 Å². The van der Waals surface area contributed by atoms with E-state index in [1.807, 2.05) is 19.1 Å². The molecule has 2 aromatic rings. The standard InChI is InChI=1S/C19H24N2O5S2/c1-14-5-9-17(10-6-14)28(24,25)26-13-15-7-8-16-4-3-11-20-19(16)18(12-15)21-27(2,22)23/h3-6,9-11,15,18,21H,7-8,12-13H2,1-2H3/t15-,18+/m1/s1. The SMILES string of the molecule is Cc1ccc(S(=O)(=O)OC[C@@H]2CCc3cccnc3[C@@H](NS(C)(=O)=O)C2)cc1. The predicted molar refractivity (Wildman–Crippen MR) is 106 cm³/mol. The van der Waals surface area contributed by atoms with Gasteiger partial charge >= 0.3 is 0 Å². The molecule has 0 radical (unpaired) electrons. The maximum Gasteiger partial charge on any atom is 0.296 e. The molecule has 1 N–H and O–H groups in total. The second kappa shape index (κ2) is 8.28. The summed E-state index contributed by atoms with van der Waals surface area (Å²) in [4.78, 5) is 4.47. The van der Waals surface area contributed by atoms with Gasteiger partial charge in [0.05, 0.1) is 29.5 Å². The van der Waals surface area contributed by atoms with E-state index in [2.05, 4.69) is 9.71 Å². The van der Waals surface area contributed by atoms with Crippen molar-refractivity contribution in [3.05, 3.63) is 59.4 Å². The second-order valence-electron chi connectivity index (χ2n) is 7.18. The number of pyridine rings is 1. The van der Waals surface area contributed by atoms with Crippen molar-refractivity contribution in [2.45, 2.75) is 37.1 Å². The highest BCUT2D eigenvalue weighted by molar-refractivity contribution is 7.88. The lowest BCUT2D eigenvalue weighted by Gasteiger charge is -2.21. The zero-order chi connectivity index (χ0) is 20.4. The number of nitrogens with zero attached hydrogens (tertiary/aromatic N) is 1. The van der Waals surface area contributed by atoms with Gasteiger partial charge in [-0.25, -0.2) is 13.1 Å². The van der Waals surface area contributed by atoms with Crippen LogP contribution in [-0.4, -0.2) is 34.7 Å². The average molecular weight is 425 g/mol. The minimum absolute atomic E-state index is 0.00780. The van der Waals surface area contributed by atoms with Crippen molar-refractivity contribution < 1.29 is 21.0 Å². The summed E-state index contributed by atoms with van der Waals surface area (Å²) >= 11 is 0. The number of benzene rings is 1. The van der Waals surface area contributed by atoms with Gasteiger partial charge in [-0.3, -0.25) is 9.17 Å². The molecule has 0 saturated heterocycles. The van der Waals surface area contributed by atoms with E-state index in [-0.39, 0.29) is 17.4 Å². The van der Waals surface area contributed by atoms with Gasteiger partial charge in [0.15, 0.2) is 0 Å². The van der Waals surface area contributed by atoms with Crippen LogP contribution in [0.1, 0.15) is 35.7 Å². The van der Waals surface area contributed by atoms with Crippen molar-refractivity contribution in [1.82, 2.24) is 9.71 Å². The van der Waals surface area contributed by atoms with Crippen LogP contribution >= 0.6 is 0 Å². The summed E-state index contributed by atoms with van der Waals surface area (Å²) in [5, 5.41) is 0. The molecule has 9 heteroatoms. The number of hydrogen-bond donors (Lipinski definition) is 1. The first kappa shape index (κ1) is 20.9. The Morgan fingerprint density at radius 2 is 1.86 bits per heavy atom. The molecular formula is C19H24N2O5S2. The van der Waals surface area contributed by atoms with Crippen LogP contribution < -0.4 is 4.72 Å². The topological polar surface area (TPSA) is 102 Å². The third kappa shape index (κ3) is 5.38. The van der Waals surface area contributed by atoms with Crippen molar-refractivity contribution >= 4 is 20.1 Å². The van der Waals surface area contributed by atoms with Crippen molar-refractivity contribution in [3.8, 4) is 0 Å². The molecule has 1 aliphatic rings. The highest BCUT2D eigenvalue weighted by Gasteiger charge is 2.29. The van der Waals surface area contributed by atoms with E-state index in [1.165, 1.54) is 12.1 Å². The molecular weight excluding hydrogens is 400 g/mol. The Labute approximate surface area is 166 Å². The van der Waals surface area contributed by atoms with Crippen LogP contribution in [0.5, 0.6) is 0 Å². The van der Waals surface area contributed by atoms with Crippen LogP contribution in [0, 0.1) is 12.8 Å². The van der Waals surface area contributed by atoms with Crippen molar-refractivity contribution in [3.63, 3.8) is 0 Å². The Bertz CT molecular complexity index is 1030. The van der Waals surface area contributed by atoms with E-state index in [4.69, 9.17) is 4.18 Å². The summed E-state index contributed by atoms with van der Waals surface area (Å²) in [5.41, 5.74) is 2.62. The Hall–Kier alpha value is -1.81. The van der Waals surface area contributed by atoms with Crippen LogP contribution in [-0.2, 0) is 30.7 Å². The number of sulfonamides is 1. The number of aromatic nitrogens is 1. The predicted octanol–water partition coefficient (Wildman–Crippen LogP) is 2.34. The molecule has 1 aromatic heterocycles. The van der Waals surface area contributed by atoms with Crippen LogP contribution in [0.4, 0.5) is 0 Å². The highest BCUT2D eigenvalue weighted by Crippen LogP contribution is 2.31. The molecule has 1 aromatic carbocycles.